The van der Waals surface area contributed by atoms with E-state index in [0.29, 0.717) is 11.4 Å². The number of rotatable bonds is 3. The third kappa shape index (κ3) is 3.45. The number of carbonyl (C=O) groups is 1. The van der Waals surface area contributed by atoms with Gasteiger partial charge >= 0.3 is 0 Å². The van der Waals surface area contributed by atoms with Gasteiger partial charge in [0.25, 0.3) is 0 Å². The van der Waals surface area contributed by atoms with Gasteiger partial charge in [-0.3, -0.25) is 9.69 Å². The number of carbonyl (C=O) groups excluding carboxylic acids is 1. The Bertz CT molecular complexity index is 441. The predicted molar refractivity (Wildman–Crippen MR) is 78.0 cm³/mol. The molecule has 3 N–H and O–H groups in total. The van der Waals surface area contributed by atoms with Gasteiger partial charge in [0.15, 0.2) is 0 Å². The number of hydrogen-bond donors (Lipinski definition) is 2. The van der Waals surface area contributed by atoms with Crippen molar-refractivity contribution in [1.29, 1.82) is 0 Å². The number of hydrogen-bond acceptors (Lipinski definition) is 4. The molecule has 1 aromatic carbocycles. The Labute approximate surface area is 114 Å². The molecule has 0 bridgehead atoms. The first-order chi connectivity index (χ1) is 9.08. The molecule has 0 radical (unpaired) electrons. The van der Waals surface area contributed by atoms with Gasteiger partial charge in [-0.25, -0.2) is 0 Å². The van der Waals surface area contributed by atoms with Crippen molar-refractivity contribution >= 4 is 17.3 Å². The van der Waals surface area contributed by atoms with Gasteiger partial charge < -0.3 is 16.0 Å². The number of nitrogens with zero attached hydrogens (tertiary/aromatic N) is 2. The molecule has 1 amide bonds. The van der Waals surface area contributed by atoms with Crippen LogP contribution in [-0.4, -0.2) is 55.0 Å². The number of nitrogen functional groups attached to an aromatic ring is 1. The minimum Gasteiger partial charge on any atom is -0.397 e. The first-order valence-electron chi connectivity index (χ1n) is 6.66. The maximum Gasteiger partial charge on any atom is 0.241 e. The number of amides is 1. The standard InChI is InChI=1S/C14H22N4O/c1-11(18-9-7-17(2)8-10-18)14(19)16-13-6-4-3-5-12(13)15/h3-6,11H,7-10,15H2,1-2H3,(H,16,19). The van der Waals surface area contributed by atoms with Gasteiger partial charge in [-0.15, -0.1) is 0 Å². The number of likely N-dealkylation sites (N-methyl/N-ethyl adjacent to an activating group) is 1. The highest BCUT2D eigenvalue weighted by atomic mass is 16.2. The normalized spacial score (nSPS) is 19.1. The summed E-state index contributed by atoms with van der Waals surface area (Å²) in [7, 11) is 2.10. The third-order valence-electron chi connectivity index (χ3n) is 3.68. The van der Waals surface area contributed by atoms with E-state index in [9.17, 15) is 4.79 Å². The van der Waals surface area contributed by atoms with Crippen LogP contribution in [0, 0.1) is 0 Å². The quantitative estimate of drug-likeness (QED) is 0.793. The lowest BCUT2D eigenvalue weighted by molar-refractivity contribution is -0.121. The van der Waals surface area contributed by atoms with Crippen LogP contribution in [0.1, 0.15) is 6.92 Å². The molecule has 1 aliphatic heterocycles. The van der Waals surface area contributed by atoms with Gasteiger partial charge in [0.2, 0.25) is 5.91 Å². The second kappa shape index (κ2) is 6.04. The van der Waals surface area contributed by atoms with Crippen LogP contribution in [0.5, 0.6) is 0 Å². The summed E-state index contributed by atoms with van der Waals surface area (Å²) in [4.78, 5) is 16.7. The Hall–Kier alpha value is -1.59. The van der Waals surface area contributed by atoms with Crippen LogP contribution in [0.25, 0.3) is 0 Å². The molecular weight excluding hydrogens is 240 g/mol. The van der Waals surface area contributed by atoms with E-state index in [4.69, 9.17) is 5.73 Å². The van der Waals surface area contributed by atoms with Gasteiger partial charge in [-0.1, -0.05) is 12.1 Å². The molecule has 0 aliphatic carbocycles. The summed E-state index contributed by atoms with van der Waals surface area (Å²) in [5, 5.41) is 2.90. The molecule has 0 spiro atoms. The molecule has 2 rings (SSSR count). The van der Waals surface area contributed by atoms with E-state index in [2.05, 4.69) is 22.2 Å². The lowest BCUT2D eigenvalue weighted by atomic mass is 10.2. The van der Waals surface area contributed by atoms with Crippen LogP contribution < -0.4 is 11.1 Å². The molecule has 1 aliphatic rings. The maximum absolute atomic E-state index is 12.2. The number of nitrogens with two attached hydrogens (primary N) is 1. The smallest absolute Gasteiger partial charge is 0.241 e. The van der Waals surface area contributed by atoms with Crippen molar-refractivity contribution in [1.82, 2.24) is 9.80 Å². The van der Waals surface area contributed by atoms with E-state index in [1.165, 1.54) is 0 Å². The van der Waals surface area contributed by atoms with Gasteiger partial charge in [0.1, 0.15) is 0 Å². The Morgan fingerprint density at radius 1 is 1.26 bits per heavy atom. The van der Waals surface area contributed by atoms with E-state index in [0.717, 1.165) is 26.2 Å². The van der Waals surface area contributed by atoms with Crippen molar-refractivity contribution in [2.24, 2.45) is 0 Å². The zero-order valence-corrected chi connectivity index (χ0v) is 11.6. The fourth-order valence-electron chi connectivity index (χ4n) is 2.22. The zero-order valence-electron chi connectivity index (χ0n) is 11.6. The lowest BCUT2D eigenvalue weighted by Crippen LogP contribution is -2.51. The average Bonchev–Trinajstić information content (AvgIpc) is 2.41. The molecule has 1 atom stereocenters. The molecule has 1 unspecified atom stereocenters. The van der Waals surface area contributed by atoms with E-state index >= 15 is 0 Å². The van der Waals surface area contributed by atoms with E-state index in [1.54, 1.807) is 6.07 Å². The molecule has 1 heterocycles. The Morgan fingerprint density at radius 3 is 2.53 bits per heavy atom. The van der Waals surface area contributed by atoms with Crippen molar-refractivity contribution in [3.05, 3.63) is 24.3 Å². The second-order valence-corrected chi connectivity index (χ2v) is 5.09. The van der Waals surface area contributed by atoms with Crippen molar-refractivity contribution < 1.29 is 4.79 Å². The topological polar surface area (TPSA) is 61.6 Å². The molecule has 19 heavy (non-hydrogen) atoms. The first-order valence-corrected chi connectivity index (χ1v) is 6.66. The molecule has 0 aromatic heterocycles. The largest absolute Gasteiger partial charge is 0.397 e. The number of nitrogens with one attached hydrogen (secondary N) is 1. The maximum atomic E-state index is 12.2. The lowest BCUT2D eigenvalue weighted by Gasteiger charge is -2.35. The van der Waals surface area contributed by atoms with E-state index < -0.39 is 0 Å². The highest BCUT2D eigenvalue weighted by molar-refractivity contribution is 5.97. The molecule has 5 heteroatoms. The number of benzene rings is 1. The van der Waals surface area contributed by atoms with Crippen LogP contribution in [0.4, 0.5) is 11.4 Å². The van der Waals surface area contributed by atoms with Gasteiger partial charge in [-0.05, 0) is 26.1 Å². The Kier molecular flexibility index (Phi) is 4.39. The van der Waals surface area contributed by atoms with Crippen LogP contribution in [-0.2, 0) is 4.79 Å². The summed E-state index contributed by atoms with van der Waals surface area (Å²) in [6, 6.07) is 7.20. The fraction of sp³-hybridized carbons (Fsp3) is 0.500. The summed E-state index contributed by atoms with van der Waals surface area (Å²) < 4.78 is 0. The summed E-state index contributed by atoms with van der Waals surface area (Å²) in [5.41, 5.74) is 7.12. The van der Waals surface area contributed by atoms with Gasteiger partial charge in [0, 0.05) is 26.2 Å². The van der Waals surface area contributed by atoms with Crippen molar-refractivity contribution in [2.45, 2.75) is 13.0 Å². The third-order valence-corrected chi connectivity index (χ3v) is 3.68. The summed E-state index contributed by atoms with van der Waals surface area (Å²) in [5.74, 6) is 0.00227. The van der Waals surface area contributed by atoms with Gasteiger partial charge in [0.05, 0.1) is 17.4 Å². The first kappa shape index (κ1) is 13.8. The van der Waals surface area contributed by atoms with Crippen molar-refractivity contribution in [3.8, 4) is 0 Å². The van der Waals surface area contributed by atoms with Crippen LogP contribution in [0.15, 0.2) is 24.3 Å². The highest BCUT2D eigenvalue weighted by Crippen LogP contribution is 2.17. The molecular formula is C14H22N4O. The molecule has 104 valence electrons. The van der Waals surface area contributed by atoms with Crippen LogP contribution >= 0.6 is 0 Å². The van der Waals surface area contributed by atoms with Crippen LogP contribution in [0.3, 0.4) is 0 Å². The Morgan fingerprint density at radius 2 is 1.89 bits per heavy atom. The second-order valence-electron chi connectivity index (χ2n) is 5.09. The number of anilines is 2. The molecule has 0 saturated carbocycles. The number of para-hydroxylation sites is 2. The van der Waals surface area contributed by atoms with E-state index in [-0.39, 0.29) is 11.9 Å². The molecule has 1 aromatic rings. The summed E-state index contributed by atoms with van der Waals surface area (Å²) in [6.07, 6.45) is 0. The van der Waals surface area contributed by atoms with Crippen molar-refractivity contribution in [3.63, 3.8) is 0 Å². The predicted octanol–water partition coefficient (Wildman–Crippen LogP) is 0.843. The SMILES string of the molecule is CC(C(=O)Nc1ccccc1N)N1CCN(C)CC1. The summed E-state index contributed by atoms with van der Waals surface area (Å²) in [6.45, 7) is 5.81. The zero-order chi connectivity index (χ0) is 13.8. The minimum atomic E-state index is -0.131. The molecule has 1 fully saturated rings. The minimum absolute atomic E-state index is 0.00227. The highest BCUT2D eigenvalue weighted by Gasteiger charge is 2.24. The van der Waals surface area contributed by atoms with Crippen LogP contribution in [0.2, 0.25) is 0 Å². The average molecular weight is 262 g/mol. The summed E-state index contributed by atoms with van der Waals surface area (Å²) >= 11 is 0. The molecule has 1 saturated heterocycles. The fourth-order valence-corrected chi connectivity index (χ4v) is 2.22. The number of piperazine rings is 1. The monoisotopic (exact) mass is 262 g/mol. The van der Waals surface area contributed by atoms with E-state index in [1.807, 2.05) is 25.1 Å². The van der Waals surface area contributed by atoms with Gasteiger partial charge in [-0.2, -0.15) is 0 Å². The molecule has 5 nitrogen and oxygen atoms in total. The Balaban J connectivity index is 1.94. The van der Waals surface area contributed by atoms with Crippen molar-refractivity contribution in [2.75, 3.05) is 44.3 Å².